The number of carbonyl (C=O) groups excluding carboxylic acids is 1. The van der Waals surface area contributed by atoms with E-state index in [-0.39, 0.29) is 23.0 Å². The van der Waals surface area contributed by atoms with Gasteiger partial charge in [0.25, 0.3) is 0 Å². The van der Waals surface area contributed by atoms with Gasteiger partial charge in [0.05, 0.1) is 6.42 Å². The van der Waals surface area contributed by atoms with Gasteiger partial charge in [0.2, 0.25) is 0 Å². The maximum absolute atomic E-state index is 12.8. The van der Waals surface area contributed by atoms with Crippen molar-refractivity contribution in [1.82, 2.24) is 0 Å². The molecule has 0 aliphatic carbocycles. The van der Waals surface area contributed by atoms with Gasteiger partial charge in [-0.15, -0.1) is 0 Å². The molecule has 6 nitrogen and oxygen atoms in total. The van der Waals surface area contributed by atoms with Crippen LogP contribution in [0.5, 0.6) is 5.75 Å². The number of nitrogens with two attached hydrogens (primary N) is 1. The number of esters is 1. The molecule has 0 radical (unpaired) electrons. The van der Waals surface area contributed by atoms with Crippen LogP contribution in [0.1, 0.15) is 49.8 Å². The predicted octanol–water partition coefficient (Wildman–Crippen LogP) is 5.15. The fourth-order valence-corrected chi connectivity index (χ4v) is 4.71. The third-order valence-corrected chi connectivity index (χ3v) is 6.70. The lowest BCUT2D eigenvalue weighted by molar-refractivity contribution is -0.155. The Hall–Kier alpha value is -3.16. The minimum atomic E-state index is -4.01. The Labute approximate surface area is 208 Å². The average molecular weight is 496 g/mol. The van der Waals surface area contributed by atoms with Gasteiger partial charge >= 0.3 is 16.1 Å². The summed E-state index contributed by atoms with van der Waals surface area (Å²) in [6, 6.07) is 22.5. The lowest BCUT2D eigenvalue weighted by atomic mass is 9.85. The van der Waals surface area contributed by atoms with Crippen LogP contribution in [-0.4, -0.2) is 26.0 Å². The lowest BCUT2D eigenvalue weighted by Gasteiger charge is -2.26. The molecule has 0 aliphatic heterocycles. The highest BCUT2D eigenvalue weighted by Gasteiger charge is 2.27. The van der Waals surface area contributed by atoms with Gasteiger partial charge in [-0.3, -0.25) is 4.79 Å². The molecule has 0 spiro atoms. The number of aryl methyl sites for hydroxylation is 1. The Morgan fingerprint density at radius 1 is 0.943 bits per heavy atom. The van der Waals surface area contributed by atoms with E-state index in [0.717, 1.165) is 11.1 Å². The molecule has 0 bridgehead atoms. The molecule has 3 rings (SSSR count). The number of ether oxygens (including phenoxy) is 1. The third-order valence-electron chi connectivity index (χ3n) is 5.44. The van der Waals surface area contributed by atoms with Crippen molar-refractivity contribution in [2.45, 2.75) is 63.0 Å². The summed E-state index contributed by atoms with van der Waals surface area (Å²) in [7, 11) is -4.01. The Morgan fingerprint density at radius 2 is 1.60 bits per heavy atom. The number of carbonyl (C=O) groups is 1. The summed E-state index contributed by atoms with van der Waals surface area (Å²) >= 11 is 0. The zero-order chi connectivity index (χ0) is 25.6. The van der Waals surface area contributed by atoms with Gasteiger partial charge < -0.3 is 14.7 Å². The summed E-state index contributed by atoms with van der Waals surface area (Å²) < 4.78 is 36.5. The highest BCUT2D eigenvalue weighted by Crippen LogP contribution is 2.30. The Kier molecular flexibility index (Phi) is 8.35. The predicted molar refractivity (Wildman–Crippen MR) is 137 cm³/mol. The van der Waals surface area contributed by atoms with Crippen LogP contribution in [0.3, 0.4) is 0 Å². The summed E-state index contributed by atoms with van der Waals surface area (Å²) in [5, 5.41) is 0. The Balaban J connectivity index is 1.88. The van der Waals surface area contributed by atoms with Crippen molar-refractivity contribution in [3.8, 4) is 5.75 Å². The second-order valence-corrected chi connectivity index (χ2v) is 11.2. The van der Waals surface area contributed by atoms with Crippen LogP contribution in [0.4, 0.5) is 0 Å². The average Bonchev–Trinajstić information content (AvgIpc) is 2.77. The first-order chi connectivity index (χ1) is 16.4. The van der Waals surface area contributed by atoms with E-state index < -0.39 is 27.7 Å². The molecular weight excluding hydrogens is 462 g/mol. The van der Waals surface area contributed by atoms with Crippen molar-refractivity contribution >= 4 is 16.1 Å². The molecule has 0 aromatic heterocycles. The number of benzene rings is 3. The Morgan fingerprint density at radius 3 is 2.23 bits per heavy atom. The van der Waals surface area contributed by atoms with Crippen LogP contribution in [0.15, 0.2) is 83.8 Å². The molecule has 3 aromatic rings. The summed E-state index contributed by atoms with van der Waals surface area (Å²) in [4.78, 5) is 12.8. The van der Waals surface area contributed by atoms with Gasteiger partial charge in [-0.05, 0) is 69.5 Å². The summed E-state index contributed by atoms with van der Waals surface area (Å²) in [5.41, 5.74) is 8.68. The fourth-order valence-electron chi connectivity index (χ4n) is 3.78. The smallest absolute Gasteiger partial charge is 0.339 e. The molecule has 0 heterocycles. The normalized spacial score (nSPS) is 13.6. The van der Waals surface area contributed by atoms with Crippen LogP contribution in [0.25, 0.3) is 0 Å². The van der Waals surface area contributed by atoms with E-state index in [4.69, 9.17) is 14.7 Å². The van der Waals surface area contributed by atoms with Crippen molar-refractivity contribution in [2.75, 3.05) is 0 Å². The van der Waals surface area contributed by atoms with E-state index in [1.54, 1.807) is 30.3 Å². The van der Waals surface area contributed by atoms with E-state index in [1.165, 1.54) is 12.1 Å². The second kappa shape index (κ2) is 11.1. The number of rotatable bonds is 9. The monoisotopic (exact) mass is 495 g/mol. The van der Waals surface area contributed by atoms with Crippen molar-refractivity contribution in [3.05, 3.63) is 95.6 Å². The highest BCUT2D eigenvalue weighted by molar-refractivity contribution is 7.87. The van der Waals surface area contributed by atoms with E-state index in [9.17, 15) is 13.2 Å². The first-order valence-corrected chi connectivity index (χ1v) is 13.0. The van der Waals surface area contributed by atoms with E-state index in [0.29, 0.717) is 12.0 Å². The lowest BCUT2D eigenvalue weighted by Crippen LogP contribution is -2.34. The first-order valence-electron chi connectivity index (χ1n) is 11.6. The molecule has 186 valence electrons. The van der Waals surface area contributed by atoms with Crippen LogP contribution < -0.4 is 9.92 Å². The molecule has 0 saturated heterocycles. The minimum Gasteiger partial charge on any atom is -0.460 e. The largest absolute Gasteiger partial charge is 0.460 e. The quantitative estimate of drug-likeness (QED) is 0.326. The van der Waals surface area contributed by atoms with Crippen molar-refractivity contribution < 1.29 is 22.1 Å². The van der Waals surface area contributed by atoms with Gasteiger partial charge in [0.1, 0.15) is 16.2 Å². The van der Waals surface area contributed by atoms with Crippen LogP contribution in [0, 0.1) is 6.92 Å². The molecule has 3 aromatic carbocycles. The van der Waals surface area contributed by atoms with Crippen LogP contribution in [-0.2, 0) is 26.1 Å². The van der Waals surface area contributed by atoms with Crippen LogP contribution >= 0.6 is 0 Å². The standard InChI is InChI=1S/C28H33NO5S/c1-20-13-15-24(16-14-20)35(31,32)34-23-12-8-11-22(18-23)25(19-27(30)33-28(2,3)4)26(29)17-21-9-6-5-7-10-21/h5-16,18,25-26H,17,19,29H2,1-4H3. The fraction of sp³-hybridized carbons (Fsp3) is 0.321. The highest BCUT2D eigenvalue weighted by atomic mass is 32.2. The molecule has 0 aliphatic rings. The van der Waals surface area contributed by atoms with Gasteiger partial charge in [-0.25, -0.2) is 0 Å². The van der Waals surface area contributed by atoms with Crippen molar-refractivity contribution in [2.24, 2.45) is 5.73 Å². The van der Waals surface area contributed by atoms with Gasteiger partial charge in [0.15, 0.2) is 0 Å². The molecule has 35 heavy (non-hydrogen) atoms. The summed E-state index contributed by atoms with van der Waals surface area (Å²) in [5.74, 6) is -0.621. The number of hydrogen-bond donors (Lipinski definition) is 1. The first kappa shape index (κ1) is 26.4. The van der Waals surface area contributed by atoms with E-state index in [1.807, 2.05) is 64.1 Å². The third kappa shape index (κ3) is 7.94. The van der Waals surface area contributed by atoms with Crippen LogP contribution in [0.2, 0.25) is 0 Å². The van der Waals surface area contributed by atoms with Crippen molar-refractivity contribution in [1.29, 1.82) is 0 Å². The molecule has 0 fully saturated rings. The SMILES string of the molecule is Cc1ccc(S(=O)(=O)Oc2cccc(C(CC(=O)OC(C)(C)C)C(N)Cc3ccccc3)c2)cc1. The maximum atomic E-state index is 12.8. The topological polar surface area (TPSA) is 95.7 Å². The van der Waals surface area contributed by atoms with Gasteiger partial charge in [-0.1, -0.05) is 60.2 Å². The molecule has 2 unspecified atom stereocenters. The summed E-state index contributed by atoms with van der Waals surface area (Å²) in [6.07, 6.45) is 0.598. The Bertz CT molecular complexity index is 1230. The second-order valence-electron chi connectivity index (χ2n) is 9.67. The summed E-state index contributed by atoms with van der Waals surface area (Å²) in [6.45, 7) is 7.32. The van der Waals surface area contributed by atoms with E-state index >= 15 is 0 Å². The molecule has 7 heteroatoms. The zero-order valence-electron chi connectivity index (χ0n) is 20.6. The van der Waals surface area contributed by atoms with Crippen molar-refractivity contribution in [3.63, 3.8) is 0 Å². The van der Waals surface area contributed by atoms with Gasteiger partial charge in [0, 0.05) is 12.0 Å². The van der Waals surface area contributed by atoms with Gasteiger partial charge in [-0.2, -0.15) is 8.42 Å². The molecule has 2 atom stereocenters. The molecular formula is C28H33NO5S. The zero-order valence-corrected chi connectivity index (χ0v) is 21.4. The number of hydrogen-bond acceptors (Lipinski definition) is 6. The maximum Gasteiger partial charge on any atom is 0.339 e. The minimum absolute atomic E-state index is 0.0550. The molecule has 0 amide bonds. The van der Waals surface area contributed by atoms with E-state index in [2.05, 4.69) is 0 Å². The molecule has 2 N–H and O–H groups in total. The molecule has 0 saturated carbocycles.